The van der Waals surface area contributed by atoms with Gasteiger partial charge in [-0.15, -0.1) is 0 Å². The maximum absolute atomic E-state index is 15.6. The third-order valence-electron chi connectivity index (χ3n) is 7.14. The summed E-state index contributed by atoms with van der Waals surface area (Å²) in [6.07, 6.45) is 0.469. The normalized spacial score (nSPS) is 16.4. The highest BCUT2D eigenvalue weighted by molar-refractivity contribution is 6.32. The molecule has 1 aromatic heterocycles. The number of hydrogen-bond acceptors (Lipinski definition) is 5. The Labute approximate surface area is 222 Å². The van der Waals surface area contributed by atoms with E-state index in [9.17, 15) is 23.1 Å². The number of benzene rings is 2. The van der Waals surface area contributed by atoms with E-state index in [1.165, 1.54) is 13.3 Å². The first-order valence-electron chi connectivity index (χ1n) is 12.1. The molecule has 204 valence electrons. The van der Waals surface area contributed by atoms with Gasteiger partial charge in [-0.05, 0) is 57.0 Å². The van der Waals surface area contributed by atoms with Gasteiger partial charge in [0.05, 0.1) is 23.1 Å². The van der Waals surface area contributed by atoms with Crippen LogP contribution in [-0.2, 0) is 4.79 Å². The molecule has 1 N–H and O–H groups in total. The first-order chi connectivity index (χ1) is 18.1. The van der Waals surface area contributed by atoms with Gasteiger partial charge < -0.3 is 14.6 Å². The zero-order valence-electron chi connectivity index (χ0n) is 20.7. The molecular formula is C27H27ClF4N2O4. The monoisotopic (exact) mass is 554 g/mol. The number of alkyl halides is 1. The summed E-state index contributed by atoms with van der Waals surface area (Å²) < 4.78 is 66.6. The van der Waals surface area contributed by atoms with Crippen LogP contribution >= 0.6 is 11.6 Å². The quantitative estimate of drug-likeness (QED) is 0.294. The highest BCUT2D eigenvalue weighted by Gasteiger charge is 2.42. The minimum Gasteiger partial charge on any atom is -0.497 e. The highest BCUT2D eigenvalue weighted by atomic mass is 35.5. The van der Waals surface area contributed by atoms with Crippen LogP contribution in [0.1, 0.15) is 37.4 Å². The van der Waals surface area contributed by atoms with Gasteiger partial charge in [-0.1, -0.05) is 11.6 Å². The van der Waals surface area contributed by atoms with Crippen LogP contribution in [0, 0.1) is 22.9 Å². The lowest BCUT2D eigenvalue weighted by Gasteiger charge is -2.39. The standard InChI is InChI=1S/C27H27ClF4N2O4/c1-37-17-2-3-23-18(14-17)24(19(28)15-33-23)20(30)4-5-27(26(35)36)6-8-34(9-7-27)10-11-38-25-21(31)12-16(29)13-22(25)32/h2-3,12-15,20H,4-11H2,1H3,(H,35,36)/t20-/m0/s1. The van der Waals surface area contributed by atoms with Crippen molar-refractivity contribution in [1.29, 1.82) is 0 Å². The fourth-order valence-electron chi connectivity index (χ4n) is 4.88. The molecule has 0 amide bonds. The van der Waals surface area contributed by atoms with Gasteiger partial charge in [-0.3, -0.25) is 14.7 Å². The van der Waals surface area contributed by atoms with E-state index in [0.717, 1.165) is 0 Å². The summed E-state index contributed by atoms with van der Waals surface area (Å²) >= 11 is 6.31. The lowest BCUT2D eigenvalue weighted by atomic mass is 9.74. The van der Waals surface area contributed by atoms with Crippen molar-refractivity contribution in [2.45, 2.75) is 31.9 Å². The maximum Gasteiger partial charge on any atom is 0.309 e. The van der Waals surface area contributed by atoms with Gasteiger partial charge >= 0.3 is 5.97 Å². The van der Waals surface area contributed by atoms with Gasteiger partial charge in [-0.2, -0.15) is 0 Å². The van der Waals surface area contributed by atoms with Crippen molar-refractivity contribution < 1.29 is 36.9 Å². The topological polar surface area (TPSA) is 71.9 Å². The molecule has 0 radical (unpaired) electrons. The van der Waals surface area contributed by atoms with Crippen LogP contribution in [0.3, 0.4) is 0 Å². The average molecular weight is 555 g/mol. The number of carboxylic acid groups (broad SMARTS) is 1. The van der Waals surface area contributed by atoms with Crippen molar-refractivity contribution in [1.82, 2.24) is 9.88 Å². The highest BCUT2D eigenvalue weighted by Crippen LogP contribution is 2.42. The van der Waals surface area contributed by atoms with E-state index in [2.05, 4.69) is 4.98 Å². The van der Waals surface area contributed by atoms with Crippen LogP contribution in [0.2, 0.25) is 5.02 Å². The molecule has 0 saturated carbocycles. The minimum atomic E-state index is -1.51. The van der Waals surface area contributed by atoms with Crippen molar-refractivity contribution in [2.24, 2.45) is 5.41 Å². The second kappa shape index (κ2) is 11.7. The molecule has 1 fully saturated rings. The molecule has 0 spiro atoms. The number of pyridine rings is 1. The van der Waals surface area contributed by atoms with E-state index in [4.69, 9.17) is 21.1 Å². The lowest BCUT2D eigenvalue weighted by Crippen LogP contribution is -2.45. The number of rotatable bonds is 10. The molecule has 0 aliphatic carbocycles. The van der Waals surface area contributed by atoms with Crippen molar-refractivity contribution in [3.8, 4) is 11.5 Å². The van der Waals surface area contributed by atoms with Crippen LogP contribution in [0.4, 0.5) is 17.6 Å². The first kappa shape index (κ1) is 27.9. The summed E-state index contributed by atoms with van der Waals surface area (Å²) in [6.45, 7) is 0.996. The molecule has 6 nitrogen and oxygen atoms in total. The Morgan fingerprint density at radius 1 is 1.18 bits per heavy atom. The second-order valence-electron chi connectivity index (χ2n) is 9.38. The Morgan fingerprint density at radius 3 is 2.50 bits per heavy atom. The third-order valence-corrected chi connectivity index (χ3v) is 7.44. The van der Waals surface area contributed by atoms with Crippen molar-refractivity contribution in [3.05, 3.63) is 64.6 Å². The van der Waals surface area contributed by atoms with Crippen molar-refractivity contribution in [2.75, 3.05) is 33.4 Å². The number of likely N-dealkylation sites (tertiary alicyclic amines) is 1. The number of carbonyl (C=O) groups is 1. The molecular weight excluding hydrogens is 528 g/mol. The van der Waals surface area contributed by atoms with Crippen LogP contribution in [-0.4, -0.2) is 54.3 Å². The summed E-state index contributed by atoms with van der Waals surface area (Å²) in [4.78, 5) is 18.4. The SMILES string of the molecule is COc1ccc2ncc(Cl)c([C@@H](F)CCC3(C(=O)O)CCN(CCOc4c(F)cc(F)cc4F)CC3)c2c1. The third kappa shape index (κ3) is 5.96. The van der Waals surface area contributed by atoms with Crippen LogP contribution < -0.4 is 9.47 Å². The molecule has 2 aromatic carbocycles. The number of carboxylic acids is 1. The fraction of sp³-hybridized carbons (Fsp3) is 0.407. The number of aliphatic carboxylic acids is 1. The van der Waals surface area contributed by atoms with Crippen molar-refractivity contribution in [3.63, 3.8) is 0 Å². The van der Waals surface area contributed by atoms with E-state index in [1.807, 2.05) is 4.90 Å². The molecule has 11 heteroatoms. The summed E-state index contributed by atoms with van der Waals surface area (Å²) in [6, 6.07) is 6.16. The van der Waals surface area contributed by atoms with Crippen LogP contribution in [0.15, 0.2) is 36.5 Å². The Balaban J connectivity index is 1.37. The smallest absolute Gasteiger partial charge is 0.309 e. The van der Waals surface area contributed by atoms with Gasteiger partial charge in [0, 0.05) is 35.8 Å². The summed E-state index contributed by atoms with van der Waals surface area (Å²) in [5.41, 5.74) is -0.313. The number of fused-ring (bicyclic) bond motifs is 1. The number of ether oxygens (including phenoxy) is 2. The number of aromatic nitrogens is 1. The number of halogens is 5. The van der Waals surface area contributed by atoms with E-state index in [1.54, 1.807) is 18.2 Å². The summed E-state index contributed by atoms with van der Waals surface area (Å²) in [5.74, 6) is -4.43. The lowest BCUT2D eigenvalue weighted by molar-refractivity contribution is -0.153. The second-order valence-corrected chi connectivity index (χ2v) is 9.79. The number of hydrogen-bond donors (Lipinski definition) is 1. The molecule has 2 heterocycles. The Hall–Kier alpha value is -3.11. The van der Waals surface area contributed by atoms with Gasteiger partial charge in [0.25, 0.3) is 0 Å². The molecule has 38 heavy (non-hydrogen) atoms. The largest absolute Gasteiger partial charge is 0.497 e. The van der Waals surface area contributed by atoms with E-state index < -0.39 is 40.8 Å². The minimum absolute atomic E-state index is 0.0470. The molecule has 1 saturated heterocycles. The van der Waals surface area contributed by atoms with Crippen molar-refractivity contribution >= 4 is 28.5 Å². The van der Waals surface area contributed by atoms with Gasteiger partial charge in [0.1, 0.15) is 24.3 Å². The van der Waals surface area contributed by atoms with E-state index >= 15 is 4.39 Å². The van der Waals surface area contributed by atoms with Crippen LogP contribution in [0.25, 0.3) is 10.9 Å². The Bertz CT molecular complexity index is 1290. The molecule has 3 aromatic rings. The van der Waals surface area contributed by atoms with Gasteiger partial charge in [0.2, 0.25) is 0 Å². The first-order valence-corrected chi connectivity index (χ1v) is 12.5. The molecule has 1 aliphatic rings. The zero-order chi connectivity index (χ0) is 27.4. The molecule has 1 aliphatic heterocycles. The Kier molecular flexibility index (Phi) is 8.62. The predicted octanol–water partition coefficient (Wildman–Crippen LogP) is 6.35. The molecule has 0 unspecified atom stereocenters. The van der Waals surface area contributed by atoms with Crippen LogP contribution in [0.5, 0.6) is 11.5 Å². The number of nitrogens with zero attached hydrogens (tertiary/aromatic N) is 2. The van der Waals surface area contributed by atoms with E-state index in [0.29, 0.717) is 41.9 Å². The number of piperidine rings is 1. The molecule has 1 atom stereocenters. The zero-order valence-corrected chi connectivity index (χ0v) is 21.4. The number of methoxy groups -OCH3 is 1. The van der Waals surface area contributed by atoms with E-state index in [-0.39, 0.29) is 49.4 Å². The van der Waals surface area contributed by atoms with Gasteiger partial charge in [-0.25, -0.2) is 17.6 Å². The summed E-state index contributed by atoms with van der Waals surface area (Å²) in [5, 5.41) is 10.7. The average Bonchev–Trinajstić information content (AvgIpc) is 2.89. The molecule has 0 bridgehead atoms. The fourth-order valence-corrected chi connectivity index (χ4v) is 5.15. The maximum atomic E-state index is 15.6. The van der Waals surface area contributed by atoms with Gasteiger partial charge in [0.15, 0.2) is 17.4 Å². The Morgan fingerprint density at radius 2 is 1.87 bits per heavy atom. The predicted molar refractivity (Wildman–Crippen MR) is 134 cm³/mol. The molecule has 4 rings (SSSR count). The summed E-state index contributed by atoms with van der Waals surface area (Å²) in [7, 11) is 1.50.